The lowest BCUT2D eigenvalue weighted by Crippen LogP contribution is -2.53. The number of carbonyl (C=O) groups is 1. The Balaban J connectivity index is 2.86. The first-order chi connectivity index (χ1) is 7.84. The second-order valence-corrected chi connectivity index (χ2v) is 5.18. The van der Waals surface area contributed by atoms with Crippen LogP contribution in [0.1, 0.15) is 0 Å². The molecule has 0 aromatic heterocycles. The zero-order chi connectivity index (χ0) is 13.1. The van der Waals surface area contributed by atoms with Crippen LogP contribution in [-0.2, 0) is 14.8 Å². The molecule has 0 aliphatic rings. The molecule has 0 fully saturated rings. The molecule has 7 nitrogen and oxygen atoms in total. The van der Waals surface area contributed by atoms with Gasteiger partial charge in [-0.15, -0.1) is 0 Å². The number of nitrogens with two attached hydrogens (primary N) is 2. The van der Waals surface area contributed by atoms with Crippen molar-refractivity contribution >= 4 is 21.7 Å². The summed E-state index contributed by atoms with van der Waals surface area (Å²) in [7, 11) is -4.04. The molecule has 0 aliphatic carbocycles. The molecule has 0 bridgehead atoms. The van der Waals surface area contributed by atoms with Gasteiger partial charge in [-0.1, -0.05) is 18.2 Å². The van der Waals surface area contributed by atoms with Gasteiger partial charge in [0.15, 0.2) is 5.37 Å². The first-order valence-corrected chi connectivity index (χ1v) is 6.20. The van der Waals surface area contributed by atoms with Gasteiger partial charge in [0, 0.05) is 5.69 Å². The SMILES string of the molecule is NC(C(=O)O)C(N)S(=O)(=O)Nc1ccccc1. The Morgan fingerprint density at radius 2 is 1.76 bits per heavy atom. The van der Waals surface area contributed by atoms with E-state index in [1.807, 2.05) is 0 Å². The molecule has 17 heavy (non-hydrogen) atoms. The zero-order valence-electron chi connectivity index (χ0n) is 8.78. The molecule has 8 heteroatoms. The highest BCUT2D eigenvalue weighted by Gasteiger charge is 2.32. The van der Waals surface area contributed by atoms with Crippen molar-refractivity contribution in [3.63, 3.8) is 0 Å². The van der Waals surface area contributed by atoms with Crippen molar-refractivity contribution in [2.75, 3.05) is 4.72 Å². The third-order valence-electron chi connectivity index (χ3n) is 2.03. The average Bonchev–Trinajstić information content (AvgIpc) is 2.27. The van der Waals surface area contributed by atoms with E-state index in [0.717, 1.165) is 0 Å². The summed E-state index contributed by atoms with van der Waals surface area (Å²) in [6, 6.07) is 6.30. The molecule has 1 aromatic rings. The summed E-state index contributed by atoms with van der Waals surface area (Å²) in [5, 5.41) is 6.86. The predicted octanol–water partition coefficient (Wildman–Crippen LogP) is -0.875. The first kappa shape index (κ1) is 13.4. The summed E-state index contributed by atoms with van der Waals surface area (Å²) in [6.07, 6.45) is 0. The fourth-order valence-electron chi connectivity index (χ4n) is 1.07. The van der Waals surface area contributed by atoms with Crippen LogP contribution in [0.4, 0.5) is 5.69 Å². The Bertz CT molecular complexity index is 488. The van der Waals surface area contributed by atoms with Crippen molar-refractivity contribution in [3.8, 4) is 0 Å². The Morgan fingerprint density at radius 3 is 2.24 bits per heavy atom. The molecular weight excluding hydrogens is 246 g/mol. The van der Waals surface area contributed by atoms with Crippen LogP contribution >= 0.6 is 0 Å². The standard InChI is InChI=1S/C9H13N3O4S/c10-7(9(13)14)8(11)17(15,16)12-6-4-2-1-3-5-6/h1-5,7-8,12H,10-11H2,(H,13,14). The molecule has 6 N–H and O–H groups in total. The number of hydrogen-bond acceptors (Lipinski definition) is 5. The minimum absolute atomic E-state index is 0.292. The number of para-hydroxylation sites is 1. The number of benzene rings is 1. The maximum absolute atomic E-state index is 11.7. The lowest BCUT2D eigenvalue weighted by atomic mass is 10.3. The van der Waals surface area contributed by atoms with Crippen molar-refractivity contribution in [1.29, 1.82) is 0 Å². The van der Waals surface area contributed by atoms with Gasteiger partial charge in [0.2, 0.25) is 0 Å². The Labute approximate surface area is 98.5 Å². The summed E-state index contributed by atoms with van der Waals surface area (Å²) in [5.74, 6) is -1.48. The summed E-state index contributed by atoms with van der Waals surface area (Å²) in [5.41, 5.74) is 10.7. The van der Waals surface area contributed by atoms with Crippen molar-refractivity contribution in [3.05, 3.63) is 30.3 Å². The molecule has 0 saturated carbocycles. The van der Waals surface area contributed by atoms with Crippen molar-refractivity contribution < 1.29 is 18.3 Å². The Kier molecular flexibility index (Phi) is 4.05. The number of hydrogen-bond donors (Lipinski definition) is 4. The van der Waals surface area contributed by atoms with Crippen molar-refractivity contribution in [2.45, 2.75) is 11.4 Å². The fraction of sp³-hybridized carbons (Fsp3) is 0.222. The molecule has 1 rings (SSSR count). The van der Waals surface area contributed by atoms with E-state index in [1.54, 1.807) is 18.2 Å². The summed E-state index contributed by atoms with van der Waals surface area (Å²) in [6.45, 7) is 0. The first-order valence-electron chi connectivity index (χ1n) is 4.65. The van der Waals surface area contributed by atoms with E-state index in [9.17, 15) is 13.2 Å². The second-order valence-electron chi connectivity index (χ2n) is 3.34. The largest absolute Gasteiger partial charge is 0.480 e. The number of rotatable bonds is 5. The van der Waals surface area contributed by atoms with Gasteiger partial charge in [0.05, 0.1) is 0 Å². The third-order valence-corrected chi connectivity index (χ3v) is 3.56. The van der Waals surface area contributed by atoms with Crippen LogP contribution in [0.15, 0.2) is 30.3 Å². The minimum Gasteiger partial charge on any atom is -0.480 e. The van der Waals surface area contributed by atoms with E-state index >= 15 is 0 Å². The molecule has 94 valence electrons. The van der Waals surface area contributed by atoms with Crippen LogP contribution in [0.25, 0.3) is 0 Å². The van der Waals surface area contributed by atoms with Crippen LogP contribution in [0.2, 0.25) is 0 Å². The number of carboxylic acids is 1. The van der Waals surface area contributed by atoms with Crippen LogP contribution in [0.5, 0.6) is 0 Å². The molecule has 0 amide bonds. The zero-order valence-corrected chi connectivity index (χ0v) is 9.59. The molecule has 0 heterocycles. The lowest BCUT2D eigenvalue weighted by Gasteiger charge is -2.17. The van der Waals surface area contributed by atoms with Gasteiger partial charge in [-0.25, -0.2) is 8.42 Å². The molecule has 0 radical (unpaired) electrons. The maximum Gasteiger partial charge on any atom is 0.323 e. The van der Waals surface area contributed by atoms with E-state index < -0.39 is 27.4 Å². The van der Waals surface area contributed by atoms with Crippen LogP contribution in [0, 0.1) is 0 Å². The highest BCUT2D eigenvalue weighted by molar-refractivity contribution is 7.93. The molecule has 0 aliphatic heterocycles. The summed E-state index contributed by atoms with van der Waals surface area (Å²) < 4.78 is 25.5. The number of sulfonamides is 1. The van der Waals surface area contributed by atoms with Crippen molar-refractivity contribution in [1.82, 2.24) is 0 Å². The van der Waals surface area contributed by atoms with Gasteiger partial charge >= 0.3 is 5.97 Å². The van der Waals surface area contributed by atoms with Gasteiger partial charge in [-0.05, 0) is 12.1 Å². The van der Waals surface area contributed by atoms with Gasteiger partial charge in [-0.2, -0.15) is 0 Å². The van der Waals surface area contributed by atoms with Crippen LogP contribution in [0.3, 0.4) is 0 Å². The monoisotopic (exact) mass is 259 g/mol. The fourth-order valence-corrected chi connectivity index (χ4v) is 2.18. The normalized spacial score (nSPS) is 14.9. The van der Waals surface area contributed by atoms with Gasteiger partial charge in [-0.3, -0.25) is 9.52 Å². The number of anilines is 1. The smallest absolute Gasteiger partial charge is 0.323 e. The van der Waals surface area contributed by atoms with E-state index in [1.165, 1.54) is 12.1 Å². The van der Waals surface area contributed by atoms with Crippen LogP contribution < -0.4 is 16.2 Å². The van der Waals surface area contributed by atoms with Crippen LogP contribution in [-0.4, -0.2) is 30.9 Å². The van der Waals surface area contributed by atoms with Gasteiger partial charge < -0.3 is 16.6 Å². The lowest BCUT2D eigenvalue weighted by molar-refractivity contribution is -0.138. The quantitative estimate of drug-likeness (QED) is 0.542. The minimum atomic E-state index is -4.04. The number of carboxylic acid groups (broad SMARTS) is 1. The highest BCUT2D eigenvalue weighted by Crippen LogP contribution is 2.10. The molecular formula is C9H13N3O4S. The van der Waals surface area contributed by atoms with Gasteiger partial charge in [0.25, 0.3) is 10.0 Å². The second kappa shape index (κ2) is 5.13. The molecule has 0 saturated heterocycles. The number of aliphatic carboxylic acids is 1. The third kappa shape index (κ3) is 3.41. The maximum atomic E-state index is 11.7. The van der Waals surface area contributed by atoms with E-state index in [-0.39, 0.29) is 0 Å². The predicted molar refractivity (Wildman–Crippen MR) is 62.6 cm³/mol. The Hall–Kier alpha value is -1.64. The van der Waals surface area contributed by atoms with E-state index in [2.05, 4.69) is 4.72 Å². The summed E-state index contributed by atoms with van der Waals surface area (Å²) in [4.78, 5) is 10.5. The Morgan fingerprint density at radius 1 is 1.24 bits per heavy atom. The topological polar surface area (TPSA) is 136 Å². The molecule has 1 aromatic carbocycles. The molecule has 2 atom stereocenters. The van der Waals surface area contributed by atoms with Gasteiger partial charge in [0.1, 0.15) is 6.04 Å². The molecule has 0 spiro atoms. The number of nitrogens with one attached hydrogen (secondary N) is 1. The average molecular weight is 259 g/mol. The summed E-state index contributed by atoms with van der Waals surface area (Å²) >= 11 is 0. The van der Waals surface area contributed by atoms with E-state index in [4.69, 9.17) is 16.6 Å². The highest BCUT2D eigenvalue weighted by atomic mass is 32.2. The molecule has 2 unspecified atom stereocenters. The van der Waals surface area contributed by atoms with Crippen molar-refractivity contribution in [2.24, 2.45) is 11.5 Å². The van der Waals surface area contributed by atoms with E-state index in [0.29, 0.717) is 5.69 Å².